The van der Waals surface area contributed by atoms with E-state index >= 15 is 0 Å². The number of hydrogen-bond donors (Lipinski definition) is 1. The van der Waals surface area contributed by atoms with Crippen LogP contribution in [0.2, 0.25) is 0 Å². The Hall–Kier alpha value is -2.04. The van der Waals surface area contributed by atoms with Gasteiger partial charge in [-0.05, 0) is 43.9 Å². The highest BCUT2D eigenvalue weighted by Gasteiger charge is 2.16. The van der Waals surface area contributed by atoms with Crippen LogP contribution in [0.4, 0.5) is 5.69 Å². The van der Waals surface area contributed by atoms with Gasteiger partial charge in [0.05, 0.1) is 19.2 Å². The molecule has 1 N–H and O–H groups in total. The van der Waals surface area contributed by atoms with Crippen molar-refractivity contribution in [1.82, 2.24) is 4.90 Å². The Kier molecular flexibility index (Phi) is 5.20. The summed E-state index contributed by atoms with van der Waals surface area (Å²) in [6.07, 6.45) is 3.38. The number of rotatable bonds is 4. The Morgan fingerprint density at radius 3 is 2.62 bits per heavy atom. The average molecular weight is 290 g/mol. The maximum Gasteiger partial charge on any atom is 0.337 e. The van der Waals surface area contributed by atoms with Gasteiger partial charge >= 0.3 is 5.97 Å². The third-order valence-corrected chi connectivity index (χ3v) is 3.80. The summed E-state index contributed by atoms with van der Waals surface area (Å²) in [7, 11) is 1.36. The predicted molar refractivity (Wildman–Crippen MR) is 81.4 cm³/mol. The fourth-order valence-corrected chi connectivity index (χ4v) is 2.48. The van der Waals surface area contributed by atoms with Gasteiger partial charge in [-0.3, -0.25) is 4.79 Å². The van der Waals surface area contributed by atoms with Crippen molar-refractivity contribution in [2.75, 3.05) is 32.1 Å². The second-order valence-electron chi connectivity index (χ2n) is 5.32. The lowest BCUT2D eigenvalue weighted by atomic mass is 10.1. The predicted octanol–water partition coefficient (Wildman–Crippen LogP) is 2.21. The number of hydrogen-bond acceptors (Lipinski definition) is 4. The van der Waals surface area contributed by atoms with Gasteiger partial charge in [0, 0.05) is 18.8 Å². The molecule has 21 heavy (non-hydrogen) atoms. The number of methoxy groups -OCH3 is 1. The van der Waals surface area contributed by atoms with Crippen LogP contribution in [0, 0.1) is 6.92 Å². The molecule has 0 radical (unpaired) electrons. The van der Waals surface area contributed by atoms with Crippen LogP contribution in [0.3, 0.4) is 0 Å². The number of amides is 1. The van der Waals surface area contributed by atoms with Gasteiger partial charge in [0.1, 0.15) is 0 Å². The first-order chi connectivity index (χ1) is 10.1. The van der Waals surface area contributed by atoms with E-state index in [1.54, 1.807) is 12.1 Å². The first kappa shape index (κ1) is 15.4. The Labute approximate surface area is 125 Å². The monoisotopic (exact) mass is 290 g/mol. The largest absolute Gasteiger partial charge is 0.465 e. The van der Waals surface area contributed by atoms with Crippen LogP contribution in [-0.4, -0.2) is 43.5 Å². The number of ether oxygens (including phenoxy) is 1. The number of aryl methyl sites for hydroxylation is 1. The summed E-state index contributed by atoms with van der Waals surface area (Å²) < 4.78 is 4.71. The van der Waals surface area contributed by atoms with Crippen LogP contribution in [0.1, 0.15) is 35.2 Å². The van der Waals surface area contributed by atoms with Crippen molar-refractivity contribution in [1.29, 1.82) is 0 Å². The first-order valence-corrected chi connectivity index (χ1v) is 7.32. The number of piperidine rings is 1. The highest BCUT2D eigenvalue weighted by molar-refractivity contribution is 5.91. The molecule has 5 nitrogen and oxygen atoms in total. The van der Waals surface area contributed by atoms with E-state index in [0.29, 0.717) is 5.56 Å². The highest BCUT2D eigenvalue weighted by Crippen LogP contribution is 2.18. The van der Waals surface area contributed by atoms with E-state index in [0.717, 1.165) is 37.2 Å². The smallest absolute Gasteiger partial charge is 0.337 e. The van der Waals surface area contributed by atoms with Crippen molar-refractivity contribution in [3.63, 3.8) is 0 Å². The molecule has 1 aromatic rings. The number of nitrogens with zero attached hydrogens (tertiary/aromatic N) is 1. The quantitative estimate of drug-likeness (QED) is 0.864. The van der Waals surface area contributed by atoms with Crippen LogP contribution < -0.4 is 5.32 Å². The van der Waals surface area contributed by atoms with Gasteiger partial charge in [0.2, 0.25) is 5.91 Å². The molecule has 1 fully saturated rings. The standard InChI is InChI=1S/C16H22N2O3/c1-12-6-7-13(16(20)21-2)10-14(12)17-11-15(19)18-8-4-3-5-9-18/h6-7,10,17H,3-5,8-9,11H2,1-2H3. The minimum absolute atomic E-state index is 0.109. The lowest BCUT2D eigenvalue weighted by Gasteiger charge is -2.27. The fraction of sp³-hybridized carbons (Fsp3) is 0.500. The molecule has 0 aliphatic carbocycles. The molecule has 0 unspecified atom stereocenters. The lowest BCUT2D eigenvalue weighted by Crippen LogP contribution is -2.39. The molecule has 0 atom stereocenters. The average Bonchev–Trinajstić information content (AvgIpc) is 2.53. The van der Waals surface area contributed by atoms with Crippen LogP contribution in [-0.2, 0) is 9.53 Å². The number of carbonyl (C=O) groups is 2. The molecule has 1 aliphatic heterocycles. The summed E-state index contributed by atoms with van der Waals surface area (Å²) in [4.78, 5) is 25.6. The van der Waals surface area contributed by atoms with Gasteiger partial charge < -0.3 is 15.0 Å². The van der Waals surface area contributed by atoms with Crippen molar-refractivity contribution >= 4 is 17.6 Å². The number of esters is 1. The van der Waals surface area contributed by atoms with E-state index in [4.69, 9.17) is 4.74 Å². The molecule has 1 saturated heterocycles. The molecule has 0 spiro atoms. The number of anilines is 1. The summed E-state index contributed by atoms with van der Waals surface area (Å²) in [6, 6.07) is 5.30. The molecule has 1 aliphatic rings. The Balaban J connectivity index is 1.98. The van der Waals surface area contributed by atoms with Crippen molar-refractivity contribution in [3.8, 4) is 0 Å². The normalized spacial score (nSPS) is 14.7. The lowest BCUT2D eigenvalue weighted by molar-refractivity contribution is -0.130. The molecule has 2 rings (SSSR count). The minimum Gasteiger partial charge on any atom is -0.465 e. The molecular weight excluding hydrogens is 268 g/mol. The molecule has 1 aromatic carbocycles. The number of benzene rings is 1. The van der Waals surface area contributed by atoms with Crippen molar-refractivity contribution < 1.29 is 14.3 Å². The third kappa shape index (κ3) is 3.97. The maximum absolute atomic E-state index is 12.1. The van der Waals surface area contributed by atoms with E-state index in [1.807, 2.05) is 17.9 Å². The number of nitrogens with one attached hydrogen (secondary N) is 1. The van der Waals surface area contributed by atoms with E-state index in [9.17, 15) is 9.59 Å². The molecule has 1 amide bonds. The third-order valence-electron chi connectivity index (χ3n) is 3.80. The van der Waals surface area contributed by atoms with Gasteiger partial charge in [-0.2, -0.15) is 0 Å². The number of carbonyl (C=O) groups excluding carboxylic acids is 2. The SMILES string of the molecule is COC(=O)c1ccc(C)c(NCC(=O)N2CCCCC2)c1. The van der Waals surface area contributed by atoms with Crippen molar-refractivity contribution in [2.45, 2.75) is 26.2 Å². The van der Waals surface area contributed by atoms with Gasteiger partial charge in [-0.15, -0.1) is 0 Å². The zero-order valence-corrected chi connectivity index (χ0v) is 12.6. The molecular formula is C16H22N2O3. The molecule has 114 valence electrons. The van der Waals surface area contributed by atoms with E-state index in [2.05, 4.69) is 5.32 Å². The summed E-state index contributed by atoms with van der Waals surface area (Å²) in [5.74, 6) is -0.266. The second-order valence-corrected chi connectivity index (χ2v) is 5.32. The van der Waals surface area contributed by atoms with Gasteiger partial charge in [0.15, 0.2) is 0 Å². The summed E-state index contributed by atoms with van der Waals surface area (Å²) in [5.41, 5.74) is 2.27. The Bertz CT molecular complexity index is 522. The fourth-order valence-electron chi connectivity index (χ4n) is 2.48. The summed E-state index contributed by atoms with van der Waals surface area (Å²) in [5, 5.41) is 3.13. The van der Waals surface area contributed by atoms with Gasteiger partial charge in [-0.25, -0.2) is 4.79 Å². The topological polar surface area (TPSA) is 58.6 Å². The van der Waals surface area contributed by atoms with E-state index in [1.165, 1.54) is 13.5 Å². The molecule has 0 aromatic heterocycles. The van der Waals surface area contributed by atoms with Crippen LogP contribution >= 0.6 is 0 Å². The molecule has 0 bridgehead atoms. The van der Waals surface area contributed by atoms with E-state index < -0.39 is 0 Å². The maximum atomic E-state index is 12.1. The zero-order valence-electron chi connectivity index (χ0n) is 12.6. The molecule has 0 saturated carbocycles. The summed E-state index contributed by atoms with van der Waals surface area (Å²) >= 11 is 0. The highest BCUT2D eigenvalue weighted by atomic mass is 16.5. The van der Waals surface area contributed by atoms with Crippen LogP contribution in [0.5, 0.6) is 0 Å². The first-order valence-electron chi connectivity index (χ1n) is 7.32. The van der Waals surface area contributed by atoms with Crippen LogP contribution in [0.15, 0.2) is 18.2 Å². The van der Waals surface area contributed by atoms with Gasteiger partial charge in [0.25, 0.3) is 0 Å². The van der Waals surface area contributed by atoms with Crippen molar-refractivity contribution in [3.05, 3.63) is 29.3 Å². The van der Waals surface area contributed by atoms with Gasteiger partial charge in [-0.1, -0.05) is 6.07 Å². The van der Waals surface area contributed by atoms with Crippen LogP contribution in [0.25, 0.3) is 0 Å². The zero-order chi connectivity index (χ0) is 15.2. The second kappa shape index (κ2) is 7.11. The summed E-state index contributed by atoms with van der Waals surface area (Å²) in [6.45, 7) is 3.89. The Morgan fingerprint density at radius 1 is 1.24 bits per heavy atom. The van der Waals surface area contributed by atoms with E-state index in [-0.39, 0.29) is 18.4 Å². The Morgan fingerprint density at radius 2 is 1.95 bits per heavy atom. The molecule has 5 heteroatoms. The van der Waals surface area contributed by atoms with Crippen molar-refractivity contribution in [2.24, 2.45) is 0 Å². The minimum atomic E-state index is -0.375. The number of likely N-dealkylation sites (tertiary alicyclic amines) is 1. The molecule has 1 heterocycles.